The van der Waals surface area contributed by atoms with Crippen molar-refractivity contribution in [3.8, 4) is 0 Å². The molecule has 6 nitrogen and oxygen atoms in total. The van der Waals surface area contributed by atoms with Crippen molar-refractivity contribution >= 4 is 45.8 Å². The third-order valence-electron chi connectivity index (χ3n) is 7.21. The highest BCUT2D eigenvalue weighted by molar-refractivity contribution is 8.25. The molecule has 3 atom stereocenters. The summed E-state index contributed by atoms with van der Waals surface area (Å²) in [5, 5.41) is 3.06. The maximum absolute atomic E-state index is 14.6. The smallest absolute Gasteiger partial charge is 0.251 e. The average Bonchev–Trinajstić information content (AvgIpc) is 3.40. The highest BCUT2D eigenvalue weighted by Crippen LogP contribution is 2.65. The van der Waals surface area contributed by atoms with Crippen molar-refractivity contribution in [2.45, 2.75) is 22.7 Å². The predicted molar refractivity (Wildman–Crippen MR) is 136 cm³/mol. The van der Waals surface area contributed by atoms with Crippen LogP contribution in [0.25, 0.3) is 0 Å². The lowest BCUT2D eigenvalue weighted by Gasteiger charge is -2.41. The molecule has 2 fully saturated rings. The number of hydrogen-bond acceptors (Lipinski definition) is 6. The molecule has 3 aliphatic heterocycles. The van der Waals surface area contributed by atoms with Crippen LogP contribution >= 0.6 is 24.0 Å². The molecule has 2 amide bonds. The molecule has 0 radical (unpaired) electrons. The Kier molecular flexibility index (Phi) is 4.88. The van der Waals surface area contributed by atoms with Crippen LogP contribution in [0.4, 0.5) is 5.69 Å². The molecule has 8 heteroatoms. The minimum Gasteiger partial charge on any atom is -0.324 e. The standard InChI is InChI=1S/C26H22N4O2S2/c1-29-16-19(20-12-7-8-14-27-20)26(25(29)18-11-5-6-13-21(18)28-22(25)31)23(32)30(24(33)34-26)15-17-9-3-2-4-10-17/h2-14,19H,15-16H2,1H3,(H,28,31)/t19-,25+,26-/m1/s1. The summed E-state index contributed by atoms with van der Waals surface area (Å²) in [7, 11) is 1.92. The molecular formula is C26H22N4O2S2. The van der Waals surface area contributed by atoms with Crippen molar-refractivity contribution in [2.24, 2.45) is 0 Å². The van der Waals surface area contributed by atoms with Crippen molar-refractivity contribution in [1.82, 2.24) is 14.8 Å². The van der Waals surface area contributed by atoms with E-state index in [0.29, 0.717) is 17.4 Å². The molecule has 3 aliphatic rings. The van der Waals surface area contributed by atoms with Gasteiger partial charge in [0, 0.05) is 35.6 Å². The first-order chi connectivity index (χ1) is 16.5. The van der Waals surface area contributed by atoms with Crippen molar-refractivity contribution in [1.29, 1.82) is 0 Å². The fourth-order valence-electron chi connectivity index (χ4n) is 5.82. The van der Waals surface area contributed by atoms with Gasteiger partial charge in [-0.3, -0.25) is 24.4 Å². The number of nitrogens with zero attached hydrogens (tertiary/aromatic N) is 3. The lowest BCUT2D eigenvalue weighted by atomic mass is 9.73. The van der Waals surface area contributed by atoms with Gasteiger partial charge in [0.15, 0.2) is 5.54 Å². The Labute approximate surface area is 207 Å². The summed E-state index contributed by atoms with van der Waals surface area (Å²) in [6, 6.07) is 23.2. The van der Waals surface area contributed by atoms with E-state index in [9.17, 15) is 9.59 Å². The first-order valence-electron chi connectivity index (χ1n) is 11.1. The predicted octanol–water partition coefficient (Wildman–Crippen LogP) is 3.76. The molecule has 6 rings (SSSR count). The molecule has 1 aromatic heterocycles. The van der Waals surface area contributed by atoms with Gasteiger partial charge in [-0.15, -0.1) is 0 Å². The summed E-state index contributed by atoms with van der Waals surface area (Å²) in [6.07, 6.45) is 1.74. The number of nitrogens with one attached hydrogen (secondary N) is 1. The molecular weight excluding hydrogens is 464 g/mol. The largest absolute Gasteiger partial charge is 0.324 e. The number of fused-ring (bicyclic) bond motifs is 3. The second-order valence-corrected chi connectivity index (χ2v) is 10.8. The van der Waals surface area contributed by atoms with E-state index >= 15 is 0 Å². The summed E-state index contributed by atoms with van der Waals surface area (Å²) >= 11 is 7.17. The average molecular weight is 487 g/mol. The van der Waals surface area contributed by atoms with Crippen LogP contribution in [0.2, 0.25) is 0 Å². The summed E-state index contributed by atoms with van der Waals surface area (Å²) < 4.78 is -0.694. The van der Waals surface area contributed by atoms with E-state index in [1.54, 1.807) is 11.1 Å². The van der Waals surface area contributed by atoms with Crippen LogP contribution < -0.4 is 5.32 Å². The SMILES string of the molecule is CN1C[C@H](c2ccccn2)[C@]2(SC(=S)N(Cc3ccccc3)C2=O)[C@]12C(=O)Nc1ccccc12. The number of benzene rings is 2. The molecule has 170 valence electrons. The summed E-state index contributed by atoms with van der Waals surface area (Å²) in [6.45, 7) is 0.866. The number of aromatic nitrogens is 1. The quantitative estimate of drug-likeness (QED) is 0.569. The summed E-state index contributed by atoms with van der Waals surface area (Å²) in [5.74, 6) is -0.662. The van der Waals surface area contributed by atoms with Crippen LogP contribution in [-0.4, -0.2) is 49.3 Å². The normalized spacial score (nSPS) is 28.2. The molecule has 0 aliphatic carbocycles. The topological polar surface area (TPSA) is 65.5 Å². The third kappa shape index (κ3) is 2.67. The van der Waals surface area contributed by atoms with E-state index in [2.05, 4.69) is 10.3 Å². The molecule has 34 heavy (non-hydrogen) atoms. The Morgan fingerprint density at radius 1 is 1.06 bits per heavy atom. The number of anilines is 1. The Bertz CT molecular complexity index is 1320. The zero-order valence-electron chi connectivity index (χ0n) is 18.5. The second kappa shape index (κ2) is 7.73. The van der Waals surface area contributed by atoms with E-state index in [4.69, 9.17) is 12.2 Å². The van der Waals surface area contributed by atoms with Gasteiger partial charge in [0.05, 0.1) is 6.54 Å². The number of rotatable bonds is 3. The van der Waals surface area contributed by atoms with Crippen molar-refractivity contribution in [2.75, 3.05) is 18.9 Å². The van der Waals surface area contributed by atoms with Crippen molar-refractivity contribution in [3.05, 3.63) is 95.8 Å². The van der Waals surface area contributed by atoms with Gasteiger partial charge >= 0.3 is 0 Å². The number of thioether (sulfide) groups is 1. The van der Waals surface area contributed by atoms with Crippen LogP contribution in [-0.2, 0) is 21.7 Å². The summed E-state index contributed by atoms with van der Waals surface area (Å²) in [5.41, 5.74) is 2.12. The van der Waals surface area contributed by atoms with Crippen LogP contribution in [0.1, 0.15) is 22.7 Å². The minimum atomic E-state index is -1.21. The number of para-hydroxylation sites is 1. The number of hydrogen-bond donors (Lipinski definition) is 1. The first kappa shape index (κ1) is 21.5. The molecule has 4 heterocycles. The molecule has 0 saturated carbocycles. The molecule has 0 unspecified atom stereocenters. The Morgan fingerprint density at radius 2 is 1.79 bits per heavy atom. The number of amides is 2. The first-order valence-corrected chi connectivity index (χ1v) is 12.3. The maximum Gasteiger partial charge on any atom is 0.251 e. The van der Waals surface area contributed by atoms with Crippen LogP contribution in [0.3, 0.4) is 0 Å². The molecule has 2 spiro atoms. The highest BCUT2D eigenvalue weighted by Gasteiger charge is 2.77. The molecule has 0 bridgehead atoms. The van der Waals surface area contributed by atoms with E-state index in [1.165, 1.54) is 11.8 Å². The number of pyridine rings is 1. The fourth-order valence-corrected chi connectivity index (χ4v) is 7.94. The van der Waals surface area contributed by atoms with Gasteiger partial charge < -0.3 is 5.32 Å². The van der Waals surface area contributed by atoms with E-state index in [1.807, 2.05) is 84.7 Å². The number of carbonyl (C=O) groups excluding carboxylic acids is 2. The second-order valence-electron chi connectivity index (χ2n) is 8.88. The van der Waals surface area contributed by atoms with Gasteiger partial charge in [0.2, 0.25) is 5.91 Å². The maximum atomic E-state index is 14.6. The molecule has 2 aromatic carbocycles. The van der Waals surface area contributed by atoms with Gasteiger partial charge in [-0.1, -0.05) is 78.6 Å². The van der Waals surface area contributed by atoms with Crippen molar-refractivity contribution < 1.29 is 9.59 Å². The van der Waals surface area contributed by atoms with Crippen LogP contribution in [0, 0.1) is 0 Å². The Hall–Kier alpha value is -3.07. The molecule has 3 aromatic rings. The number of likely N-dealkylation sites (tertiary alicyclic amines) is 1. The van der Waals surface area contributed by atoms with Gasteiger partial charge in [0.1, 0.15) is 9.07 Å². The zero-order valence-corrected chi connectivity index (χ0v) is 20.1. The molecule has 1 N–H and O–H groups in total. The number of thiocarbonyl (C=S) groups is 1. The van der Waals surface area contributed by atoms with E-state index < -0.39 is 10.3 Å². The van der Waals surface area contributed by atoms with Gasteiger partial charge in [-0.2, -0.15) is 0 Å². The zero-order chi connectivity index (χ0) is 23.5. The van der Waals surface area contributed by atoms with Crippen LogP contribution in [0.5, 0.6) is 0 Å². The van der Waals surface area contributed by atoms with Gasteiger partial charge in [-0.25, -0.2) is 0 Å². The van der Waals surface area contributed by atoms with Gasteiger partial charge in [-0.05, 0) is 30.8 Å². The Balaban J connectivity index is 1.57. The summed E-state index contributed by atoms with van der Waals surface area (Å²) in [4.78, 5) is 36.8. The highest BCUT2D eigenvalue weighted by atomic mass is 32.2. The van der Waals surface area contributed by atoms with Crippen molar-refractivity contribution in [3.63, 3.8) is 0 Å². The number of likely N-dealkylation sites (N-methyl/N-ethyl adjacent to an activating group) is 1. The van der Waals surface area contributed by atoms with Gasteiger partial charge in [0.25, 0.3) is 5.91 Å². The lowest BCUT2D eigenvalue weighted by Crippen LogP contribution is -2.61. The fraction of sp³-hybridized carbons (Fsp3) is 0.231. The van der Waals surface area contributed by atoms with E-state index in [-0.39, 0.29) is 17.7 Å². The monoisotopic (exact) mass is 486 g/mol. The lowest BCUT2D eigenvalue weighted by molar-refractivity contribution is -0.138. The Morgan fingerprint density at radius 3 is 2.56 bits per heavy atom. The minimum absolute atomic E-state index is 0.141. The number of carbonyl (C=O) groups is 2. The van der Waals surface area contributed by atoms with E-state index in [0.717, 1.165) is 22.5 Å². The molecule has 2 saturated heterocycles. The van der Waals surface area contributed by atoms with Crippen LogP contribution in [0.15, 0.2) is 79.0 Å². The third-order valence-corrected chi connectivity index (χ3v) is 9.15.